The fraction of sp³-hybridized carbons (Fsp3) is 0.450. The van der Waals surface area contributed by atoms with Gasteiger partial charge < -0.3 is 14.8 Å². The van der Waals surface area contributed by atoms with E-state index in [9.17, 15) is 4.39 Å². The van der Waals surface area contributed by atoms with Crippen LogP contribution in [0.1, 0.15) is 23.7 Å². The normalized spacial score (nSPS) is 19.2. The number of hydrogen-bond donors (Lipinski definition) is 1. The predicted molar refractivity (Wildman–Crippen MR) is 104 cm³/mol. The number of aromatic nitrogens is 5. The molecular formula is C20H23FN6O2. The Morgan fingerprint density at radius 2 is 2.17 bits per heavy atom. The molecule has 0 amide bonds. The van der Waals surface area contributed by atoms with E-state index >= 15 is 0 Å². The van der Waals surface area contributed by atoms with Crippen LogP contribution in [-0.2, 0) is 17.6 Å². The van der Waals surface area contributed by atoms with Crippen molar-refractivity contribution in [3.8, 4) is 22.8 Å². The highest BCUT2D eigenvalue weighted by Gasteiger charge is 2.25. The van der Waals surface area contributed by atoms with Crippen molar-refractivity contribution in [2.45, 2.75) is 25.3 Å². The lowest BCUT2D eigenvalue weighted by Gasteiger charge is -2.08. The third-order valence-electron chi connectivity index (χ3n) is 5.58. The second-order valence-corrected chi connectivity index (χ2v) is 7.34. The molecule has 3 aromatic heterocycles. The Kier molecular flexibility index (Phi) is 4.76. The Bertz CT molecular complexity index is 1020. The molecule has 1 N–H and O–H groups in total. The Balaban J connectivity index is 1.59. The molecule has 1 saturated heterocycles. The zero-order valence-corrected chi connectivity index (χ0v) is 16.3. The van der Waals surface area contributed by atoms with E-state index in [1.54, 1.807) is 10.9 Å². The van der Waals surface area contributed by atoms with Crippen molar-refractivity contribution in [3.05, 3.63) is 41.7 Å². The van der Waals surface area contributed by atoms with Crippen LogP contribution in [0.5, 0.6) is 5.88 Å². The molecule has 0 saturated carbocycles. The Morgan fingerprint density at radius 3 is 2.97 bits per heavy atom. The summed E-state index contributed by atoms with van der Waals surface area (Å²) < 4.78 is 28.7. The number of halogens is 1. The molecule has 29 heavy (non-hydrogen) atoms. The molecule has 9 heteroatoms. The number of methoxy groups -OCH3 is 1. The Morgan fingerprint density at radius 1 is 1.28 bits per heavy atom. The van der Waals surface area contributed by atoms with Gasteiger partial charge in [-0.25, -0.2) is 14.1 Å². The summed E-state index contributed by atoms with van der Waals surface area (Å²) in [6.45, 7) is 3.19. The monoisotopic (exact) mass is 398 g/mol. The maximum atomic E-state index is 14.3. The summed E-state index contributed by atoms with van der Waals surface area (Å²) >= 11 is 0. The molecule has 2 aliphatic heterocycles. The number of nitrogens with one attached hydrogen (secondary N) is 1. The van der Waals surface area contributed by atoms with E-state index in [1.807, 2.05) is 10.9 Å². The van der Waals surface area contributed by atoms with E-state index < -0.39 is 5.82 Å². The van der Waals surface area contributed by atoms with Gasteiger partial charge in [-0.05, 0) is 19.4 Å². The van der Waals surface area contributed by atoms with Gasteiger partial charge in [0.2, 0.25) is 5.88 Å². The third kappa shape index (κ3) is 3.30. The van der Waals surface area contributed by atoms with Gasteiger partial charge in [-0.15, -0.1) is 0 Å². The molecule has 8 nitrogen and oxygen atoms in total. The van der Waals surface area contributed by atoms with Gasteiger partial charge in [0.1, 0.15) is 0 Å². The van der Waals surface area contributed by atoms with Crippen LogP contribution in [0.2, 0.25) is 0 Å². The fourth-order valence-corrected chi connectivity index (χ4v) is 4.10. The van der Waals surface area contributed by atoms with Gasteiger partial charge in [0.25, 0.3) is 0 Å². The predicted octanol–water partition coefficient (Wildman–Crippen LogP) is 1.93. The number of fused-ring (bicyclic) bond motifs is 1. The van der Waals surface area contributed by atoms with Crippen molar-refractivity contribution in [2.75, 3.05) is 33.4 Å². The summed E-state index contributed by atoms with van der Waals surface area (Å²) in [6.07, 6.45) is 8.04. The average Bonchev–Trinajstić information content (AvgIpc) is 3.45. The third-order valence-corrected chi connectivity index (χ3v) is 5.58. The summed E-state index contributed by atoms with van der Waals surface area (Å²) in [4.78, 5) is 4.07. The van der Waals surface area contributed by atoms with Gasteiger partial charge in [0.05, 0.1) is 55.8 Å². The van der Waals surface area contributed by atoms with E-state index in [4.69, 9.17) is 14.6 Å². The van der Waals surface area contributed by atoms with E-state index in [0.717, 1.165) is 48.4 Å². The molecule has 0 radical (unpaired) electrons. The van der Waals surface area contributed by atoms with Gasteiger partial charge in [-0.1, -0.05) is 0 Å². The van der Waals surface area contributed by atoms with Gasteiger partial charge in [-0.3, -0.25) is 4.68 Å². The van der Waals surface area contributed by atoms with Crippen LogP contribution in [0.4, 0.5) is 4.39 Å². The molecule has 5 heterocycles. The molecule has 1 fully saturated rings. The number of nitrogens with zero attached hydrogens (tertiary/aromatic N) is 5. The highest BCUT2D eigenvalue weighted by molar-refractivity contribution is 5.64. The maximum absolute atomic E-state index is 14.3. The summed E-state index contributed by atoms with van der Waals surface area (Å²) in [7, 11) is 1.40. The van der Waals surface area contributed by atoms with Crippen molar-refractivity contribution in [1.82, 2.24) is 29.9 Å². The van der Waals surface area contributed by atoms with Gasteiger partial charge in [-0.2, -0.15) is 10.2 Å². The maximum Gasteiger partial charge on any atom is 0.250 e. The first-order chi connectivity index (χ1) is 14.2. The van der Waals surface area contributed by atoms with Crippen molar-refractivity contribution in [3.63, 3.8) is 0 Å². The fourth-order valence-electron chi connectivity index (χ4n) is 4.10. The van der Waals surface area contributed by atoms with E-state index in [1.165, 1.54) is 13.2 Å². The van der Waals surface area contributed by atoms with Crippen LogP contribution >= 0.6 is 0 Å². The Labute approximate surface area is 167 Å². The lowest BCUT2D eigenvalue weighted by Crippen LogP contribution is -2.13. The highest BCUT2D eigenvalue weighted by Crippen LogP contribution is 2.31. The molecule has 5 rings (SSSR count). The first-order valence-corrected chi connectivity index (χ1v) is 9.88. The second-order valence-electron chi connectivity index (χ2n) is 7.34. The van der Waals surface area contributed by atoms with Crippen LogP contribution in [0.3, 0.4) is 0 Å². The highest BCUT2D eigenvalue weighted by atomic mass is 19.1. The Hall–Kier alpha value is -2.78. The molecule has 1 atom stereocenters. The van der Waals surface area contributed by atoms with Crippen molar-refractivity contribution < 1.29 is 13.9 Å². The summed E-state index contributed by atoms with van der Waals surface area (Å²) in [6, 6.07) is 1.77. The van der Waals surface area contributed by atoms with Crippen molar-refractivity contribution >= 4 is 0 Å². The van der Waals surface area contributed by atoms with Crippen molar-refractivity contribution in [1.29, 1.82) is 0 Å². The molecule has 3 aromatic rings. The van der Waals surface area contributed by atoms with Crippen LogP contribution in [0.15, 0.2) is 24.7 Å². The molecule has 2 aliphatic rings. The van der Waals surface area contributed by atoms with E-state index in [2.05, 4.69) is 21.6 Å². The van der Waals surface area contributed by atoms with Gasteiger partial charge in [0, 0.05) is 36.4 Å². The quantitative estimate of drug-likeness (QED) is 0.724. The average molecular weight is 398 g/mol. The first kappa shape index (κ1) is 18.3. The van der Waals surface area contributed by atoms with Gasteiger partial charge >= 0.3 is 0 Å². The molecule has 0 spiro atoms. The largest absolute Gasteiger partial charge is 0.479 e. The standard InChI is InChI=1S/C20H23FN6O2/c1-28-20-17(21)8-15(11-23-20)27-18-4-7-29-6-3-16(18)19(25-27)13-9-24-26(12-13)14-2-5-22-10-14/h8-9,11-12,14,22H,2-7,10H2,1H3. The lowest BCUT2D eigenvalue weighted by atomic mass is 10.1. The van der Waals surface area contributed by atoms with Crippen LogP contribution in [-0.4, -0.2) is 58.0 Å². The lowest BCUT2D eigenvalue weighted by molar-refractivity contribution is 0.145. The number of ether oxygens (including phenoxy) is 2. The molecule has 0 bridgehead atoms. The first-order valence-electron chi connectivity index (χ1n) is 9.88. The summed E-state index contributed by atoms with van der Waals surface area (Å²) in [5.74, 6) is -0.538. The minimum Gasteiger partial charge on any atom is -0.479 e. The molecule has 0 aromatic carbocycles. The second kappa shape index (κ2) is 7.57. The minimum atomic E-state index is -0.512. The van der Waals surface area contributed by atoms with E-state index in [0.29, 0.717) is 31.4 Å². The zero-order chi connectivity index (χ0) is 19.8. The SMILES string of the molecule is COc1ncc(-n2nc(-c3cnn(C4CCNC4)c3)c3c2CCOCC3)cc1F. The minimum absolute atomic E-state index is 0.0259. The van der Waals surface area contributed by atoms with Gasteiger partial charge in [0.15, 0.2) is 5.82 Å². The van der Waals surface area contributed by atoms with E-state index in [-0.39, 0.29) is 5.88 Å². The van der Waals surface area contributed by atoms with Crippen LogP contribution in [0.25, 0.3) is 16.9 Å². The molecule has 152 valence electrons. The number of pyridine rings is 1. The number of hydrogen-bond acceptors (Lipinski definition) is 6. The smallest absolute Gasteiger partial charge is 0.250 e. The summed E-state index contributed by atoms with van der Waals surface area (Å²) in [5, 5.41) is 12.8. The topological polar surface area (TPSA) is 79.0 Å². The van der Waals surface area contributed by atoms with Crippen molar-refractivity contribution in [2.24, 2.45) is 0 Å². The summed E-state index contributed by atoms with van der Waals surface area (Å²) in [5.41, 5.74) is 4.57. The zero-order valence-electron chi connectivity index (χ0n) is 16.3. The van der Waals surface area contributed by atoms with Crippen LogP contribution in [0, 0.1) is 5.82 Å². The molecule has 1 unspecified atom stereocenters. The van der Waals surface area contributed by atoms with Crippen LogP contribution < -0.4 is 10.1 Å². The molecular weight excluding hydrogens is 375 g/mol. The number of rotatable bonds is 4. The molecule has 0 aliphatic carbocycles.